The van der Waals surface area contributed by atoms with Crippen molar-refractivity contribution >= 4 is 23.6 Å². The lowest BCUT2D eigenvalue weighted by Crippen LogP contribution is -2.35. The van der Waals surface area contributed by atoms with Crippen LogP contribution in [0.1, 0.15) is 22.3 Å². The van der Waals surface area contributed by atoms with Crippen LogP contribution in [0.2, 0.25) is 0 Å². The molecule has 0 unspecified atom stereocenters. The molecule has 122 valence electrons. The molecule has 5 nitrogen and oxygen atoms in total. The largest absolute Gasteiger partial charge is 0.507 e. The van der Waals surface area contributed by atoms with E-state index in [-0.39, 0.29) is 11.3 Å². The predicted molar refractivity (Wildman–Crippen MR) is 92.4 cm³/mol. The lowest BCUT2D eigenvalue weighted by molar-refractivity contribution is -0.117. The number of aromatic hydroxyl groups is 1. The lowest BCUT2D eigenvalue weighted by Gasteiger charge is -2.16. The number of hydrogen-bond acceptors (Lipinski definition) is 3. The van der Waals surface area contributed by atoms with E-state index in [1.54, 1.807) is 24.3 Å². The number of phenolic OH excluding ortho intramolecular Hbond substituents is 1. The Morgan fingerprint density at radius 1 is 1.00 bits per heavy atom. The highest BCUT2D eigenvalue weighted by molar-refractivity contribution is 6.31. The molecule has 1 saturated heterocycles. The first-order chi connectivity index (χ1) is 11.4. The summed E-state index contributed by atoms with van der Waals surface area (Å²) >= 11 is 0. The summed E-state index contributed by atoms with van der Waals surface area (Å²) in [4.78, 5) is 24.8. The van der Waals surface area contributed by atoms with Gasteiger partial charge in [-0.25, -0.2) is 5.01 Å². The number of anilines is 1. The average Bonchev–Trinajstić information content (AvgIpc) is 2.81. The third kappa shape index (κ3) is 2.76. The van der Waals surface area contributed by atoms with E-state index in [1.807, 2.05) is 32.9 Å². The molecule has 0 aromatic heterocycles. The van der Waals surface area contributed by atoms with Gasteiger partial charge in [0.25, 0.3) is 11.8 Å². The molecule has 1 fully saturated rings. The van der Waals surface area contributed by atoms with E-state index < -0.39 is 11.8 Å². The maximum atomic E-state index is 12.6. The van der Waals surface area contributed by atoms with Crippen molar-refractivity contribution in [3.05, 3.63) is 64.2 Å². The summed E-state index contributed by atoms with van der Waals surface area (Å²) < 4.78 is 0. The smallest absolute Gasteiger partial charge is 0.282 e. The number of rotatable bonds is 2. The molecule has 0 radical (unpaired) electrons. The van der Waals surface area contributed by atoms with Gasteiger partial charge in [0.05, 0.1) is 5.69 Å². The zero-order valence-electron chi connectivity index (χ0n) is 13.8. The van der Waals surface area contributed by atoms with Crippen molar-refractivity contribution in [2.75, 3.05) is 5.01 Å². The molecule has 0 spiro atoms. The number of aryl methyl sites for hydroxylation is 3. The molecule has 0 aliphatic carbocycles. The zero-order chi connectivity index (χ0) is 17.4. The standard InChI is InChI=1S/C19H18N2O3/c1-11-4-7-17(22)14(8-11)10-16-18(23)20-21(19(16)24)15-6-5-12(2)13(3)9-15/h4-10,22H,1-3H3,(H,20,23)/b16-10+. The van der Waals surface area contributed by atoms with E-state index in [9.17, 15) is 14.7 Å². The molecule has 0 bridgehead atoms. The molecule has 2 amide bonds. The van der Waals surface area contributed by atoms with Gasteiger partial charge in [-0.15, -0.1) is 0 Å². The summed E-state index contributed by atoms with van der Waals surface area (Å²) in [5.74, 6) is -0.901. The Hall–Kier alpha value is -3.08. The van der Waals surface area contributed by atoms with Crippen LogP contribution in [0.4, 0.5) is 5.69 Å². The van der Waals surface area contributed by atoms with Gasteiger partial charge in [0.15, 0.2) is 0 Å². The molecule has 5 heteroatoms. The van der Waals surface area contributed by atoms with Crippen LogP contribution in [-0.4, -0.2) is 16.9 Å². The minimum absolute atomic E-state index is 0.00544. The van der Waals surface area contributed by atoms with Gasteiger partial charge in [0.1, 0.15) is 11.3 Å². The highest BCUT2D eigenvalue weighted by Crippen LogP contribution is 2.26. The van der Waals surface area contributed by atoms with Gasteiger partial charge in [-0.3, -0.25) is 15.0 Å². The third-order valence-corrected chi connectivity index (χ3v) is 4.12. The summed E-state index contributed by atoms with van der Waals surface area (Å²) in [5.41, 5.74) is 6.67. The van der Waals surface area contributed by atoms with Gasteiger partial charge in [-0.05, 0) is 62.2 Å². The van der Waals surface area contributed by atoms with Gasteiger partial charge in [-0.2, -0.15) is 0 Å². The molecule has 24 heavy (non-hydrogen) atoms. The third-order valence-electron chi connectivity index (χ3n) is 4.12. The van der Waals surface area contributed by atoms with E-state index in [1.165, 1.54) is 11.1 Å². The fourth-order valence-electron chi connectivity index (χ4n) is 2.55. The molecular formula is C19H18N2O3. The van der Waals surface area contributed by atoms with Crippen LogP contribution in [0.3, 0.4) is 0 Å². The number of hydrazine groups is 1. The van der Waals surface area contributed by atoms with E-state index in [4.69, 9.17) is 0 Å². The number of nitrogens with zero attached hydrogens (tertiary/aromatic N) is 1. The van der Waals surface area contributed by atoms with E-state index in [0.717, 1.165) is 16.7 Å². The second kappa shape index (κ2) is 5.85. The van der Waals surface area contributed by atoms with Crippen LogP contribution in [-0.2, 0) is 9.59 Å². The minimum Gasteiger partial charge on any atom is -0.507 e. The Balaban J connectivity index is 1.98. The quantitative estimate of drug-likeness (QED) is 0.660. The second-order valence-electron chi connectivity index (χ2n) is 5.97. The SMILES string of the molecule is Cc1ccc(O)c(/C=C2\C(=O)NN(c3ccc(C)c(C)c3)C2=O)c1. The number of phenols is 1. The van der Waals surface area contributed by atoms with E-state index in [0.29, 0.717) is 11.3 Å². The zero-order valence-corrected chi connectivity index (χ0v) is 13.8. The minimum atomic E-state index is -0.487. The van der Waals surface area contributed by atoms with Crippen LogP contribution in [0, 0.1) is 20.8 Å². The lowest BCUT2D eigenvalue weighted by atomic mass is 10.1. The topological polar surface area (TPSA) is 69.6 Å². The predicted octanol–water partition coefficient (Wildman–Crippen LogP) is 2.78. The Bertz CT molecular complexity index is 884. The van der Waals surface area contributed by atoms with Crippen molar-refractivity contribution in [3.63, 3.8) is 0 Å². The molecule has 2 aromatic rings. The number of carbonyl (C=O) groups excluding carboxylic acids is 2. The van der Waals surface area contributed by atoms with Gasteiger partial charge in [-0.1, -0.05) is 17.7 Å². The molecular weight excluding hydrogens is 304 g/mol. The van der Waals surface area contributed by atoms with Crippen molar-refractivity contribution in [1.29, 1.82) is 0 Å². The number of nitrogens with one attached hydrogen (secondary N) is 1. The molecule has 1 aliphatic rings. The van der Waals surface area contributed by atoms with Gasteiger partial charge >= 0.3 is 0 Å². The number of carbonyl (C=O) groups is 2. The average molecular weight is 322 g/mol. The van der Waals surface area contributed by atoms with Crippen molar-refractivity contribution in [3.8, 4) is 5.75 Å². The number of benzene rings is 2. The molecule has 1 heterocycles. The first kappa shape index (κ1) is 15.8. The highest BCUT2D eigenvalue weighted by Gasteiger charge is 2.34. The normalized spacial score (nSPS) is 16.0. The summed E-state index contributed by atoms with van der Waals surface area (Å²) in [6, 6.07) is 10.6. The Morgan fingerprint density at radius 2 is 1.75 bits per heavy atom. The van der Waals surface area contributed by atoms with Crippen molar-refractivity contribution in [1.82, 2.24) is 5.43 Å². The van der Waals surface area contributed by atoms with Crippen LogP contribution in [0.5, 0.6) is 5.75 Å². The van der Waals surface area contributed by atoms with Crippen molar-refractivity contribution in [2.45, 2.75) is 20.8 Å². The molecule has 2 aromatic carbocycles. The summed E-state index contributed by atoms with van der Waals surface area (Å²) in [6.45, 7) is 5.80. The van der Waals surface area contributed by atoms with E-state index in [2.05, 4.69) is 5.43 Å². The first-order valence-corrected chi connectivity index (χ1v) is 7.61. The number of hydrogen-bond donors (Lipinski definition) is 2. The van der Waals surface area contributed by atoms with E-state index >= 15 is 0 Å². The van der Waals surface area contributed by atoms with Crippen LogP contribution in [0.15, 0.2) is 42.0 Å². The molecule has 2 N–H and O–H groups in total. The highest BCUT2D eigenvalue weighted by atomic mass is 16.3. The fraction of sp³-hybridized carbons (Fsp3) is 0.158. The summed E-state index contributed by atoms with van der Waals surface area (Å²) in [7, 11) is 0. The Morgan fingerprint density at radius 3 is 2.46 bits per heavy atom. The van der Waals surface area contributed by atoms with Gasteiger partial charge in [0, 0.05) is 5.56 Å². The number of amides is 2. The summed E-state index contributed by atoms with van der Waals surface area (Å²) in [5, 5.41) is 11.1. The second-order valence-corrected chi connectivity index (χ2v) is 5.97. The van der Waals surface area contributed by atoms with Crippen molar-refractivity contribution in [2.24, 2.45) is 0 Å². The van der Waals surface area contributed by atoms with Crippen LogP contribution in [0.25, 0.3) is 6.08 Å². The van der Waals surface area contributed by atoms with Gasteiger partial charge in [0.2, 0.25) is 0 Å². The molecule has 0 saturated carbocycles. The molecule has 3 rings (SSSR count). The first-order valence-electron chi connectivity index (χ1n) is 7.61. The Labute approximate surface area is 140 Å². The van der Waals surface area contributed by atoms with Crippen molar-refractivity contribution < 1.29 is 14.7 Å². The van der Waals surface area contributed by atoms with Crippen LogP contribution >= 0.6 is 0 Å². The fourth-order valence-corrected chi connectivity index (χ4v) is 2.55. The summed E-state index contributed by atoms with van der Waals surface area (Å²) in [6.07, 6.45) is 1.42. The molecule has 1 aliphatic heterocycles. The Kier molecular flexibility index (Phi) is 3.85. The monoisotopic (exact) mass is 322 g/mol. The van der Waals surface area contributed by atoms with Gasteiger partial charge < -0.3 is 5.11 Å². The maximum absolute atomic E-state index is 12.6. The maximum Gasteiger partial charge on any atom is 0.282 e. The molecule has 0 atom stereocenters. The van der Waals surface area contributed by atoms with Crippen LogP contribution < -0.4 is 10.4 Å².